The zero-order chi connectivity index (χ0) is 15.2. The number of furan rings is 1. The maximum absolute atomic E-state index is 11.8. The summed E-state index contributed by atoms with van der Waals surface area (Å²) in [5.74, 6) is -0.408. The average Bonchev–Trinajstić information content (AvgIpc) is 2.90. The zero-order valence-corrected chi connectivity index (χ0v) is 13.1. The molecule has 1 aromatic carbocycles. The van der Waals surface area contributed by atoms with E-state index in [9.17, 15) is 9.59 Å². The van der Waals surface area contributed by atoms with Crippen LogP contribution in [0.4, 0.5) is 0 Å². The van der Waals surface area contributed by atoms with Crippen molar-refractivity contribution in [3.8, 4) is 0 Å². The van der Waals surface area contributed by atoms with Crippen molar-refractivity contribution in [1.82, 2.24) is 10.6 Å². The molecule has 21 heavy (non-hydrogen) atoms. The molecule has 0 aliphatic carbocycles. The Morgan fingerprint density at radius 2 is 1.67 bits per heavy atom. The first-order valence-electron chi connectivity index (χ1n) is 6.44. The minimum atomic E-state index is -0.250. The fourth-order valence-electron chi connectivity index (χ4n) is 1.71. The maximum atomic E-state index is 11.8. The summed E-state index contributed by atoms with van der Waals surface area (Å²) in [7, 11) is 0. The molecule has 6 heteroatoms. The normalized spacial score (nSPS) is 10.2. The van der Waals surface area contributed by atoms with Gasteiger partial charge in [-0.2, -0.15) is 0 Å². The molecule has 0 aliphatic heterocycles. The Balaban J connectivity index is 1.75. The molecule has 0 fully saturated rings. The standard InChI is InChI=1S/C15H15BrN2O3/c1-10-2-4-11(5-3-10)14(19)17-7-8-18-15(20)12-6-9-21-13(12)16/h2-6,9H,7-8H2,1H3,(H,17,19)(H,18,20). The largest absolute Gasteiger partial charge is 0.457 e. The molecule has 0 radical (unpaired) electrons. The lowest BCUT2D eigenvalue weighted by Crippen LogP contribution is -2.34. The van der Waals surface area contributed by atoms with Gasteiger partial charge in [0.2, 0.25) is 0 Å². The summed E-state index contributed by atoms with van der Waals surface area (Å²) < 4.78 is 5.38. The Morgan fingerprint density at radius 3 is 2.24 bits per heavy atom. The number of benzene rings is 1. The van der Waals surface area contributed by atoms with Gasteiger partial charge < -0.3 is 15.1 Å². The van der Waals surface area contributed by atoms with Gasteiger partial charge in [-0.05, 0) is 41.1 Å². The number of amides is 2. The Bertz CT molecular complexity index is 635. The van der Waals surface area contributed by atoms with Gasteiger partial charge in [0.25, 0.3) is 11.8 Å². The smallest absolute Gasteiger partial charge is 0.255 e. The first-order chi connectivity index (χ1) is 10.1. The van der Waals surface area contributed by atoms with Crippen LogP contribution in [0.15, 0.2) is 45.7 Å². The third-order valence-corrected chi connectivity index (χ3v) is 3.49. The molecule has 1 aromatic heterocycles. The van der Waals surface area contributed by atoms with Gasteiger partial charge in [-0.1, -0.05) is 17.7 Å². The molecule has 0 atom stereocenters. The lowest BCUT2D eigenvalue weighted by Gasteiger charge is -2.07. The maximum Gasteiger partial charge on any atom is 0.255 e. The Kier molecular flexibility index (Phi) is 5.16. The van der Waals surface area contributed by atoms with Crippen LogP contribution in [0.5, 0.6) is 0 Å². The molecule has 2 aromatic rings. The SMILES string of the molecule is Cc1ccc(C(=O)NCCNC(=O)c2ccoc2Br)cc1. The highest BCUT2D eigenvalue weighted by Gasteiger charge is 2.11. The highest BCUT2D eigenvalue weighted by molar-refractivity contribution is 9.10. The minimum Gasteiger partial charge on any atom is -0.457 e. The van der Waals surface area contributed by atoms with E-state index in [0.29, 0.717) is 28.9 Å². The highest BCUT2D eigenvalue weighted by Crippen LogP contribution is 2.16. The molecule has 0 saturated heterocycles. The molecular weight excluding hydrogens is 336 g/mol. The van der Waals surface area contributed by atoms with Crippen molar-refractivity contribution in [3.05, 3.63) is 58.0 Å². The van der Waals surface area contributed by atoms with E-state index < -0.39 is 0 Å². The van der Waals surface area contributed by atoms with Crippen LogP contribution in [-0.4, -0.2) is 24.9 Å². The topological polar surface area (TPSA) is 71.3 Å². The van der Waals surface area contributed by atoms with Crippen LogP contribution in [0.1, 0.15) is 26.3 Å². The summed E-state index contributed by atoms with van der Waals surface area (Å²) in [5, 5.41) is 5.44. The van der Waals surface area contributed by atoms with Crippen molar-refractivity contribution < 1.29 is 14.0 Å². The van der Waals surface area contributed by atoms with Crippen LogP contribution in [0.2, 0.25) is 0 Å². The van der Waals surface area contributed by atoms with Crippen LogP contribution in [-0.2, 0) is 0 Å². The van der Waals surface area contributed by atoms with Crippen molar-refractivity contribution in [2.24, 2.45) is 0 Å². The number of hydrogen-bond acceptors (Lipinski definition) is 3. The molecule has 0 bridgehead atoms. The summed E-state index contributed by atoms with van der Waals surface area (Å²) in [6, 6.07) is 8.88. The number of hydrogen-bond donors (Lipinski definition) is 2. The van der Waals surface area contributed by atoms with E-state index in [-0.39, 0.29) is 11.8 Å². The molecule has 0 aliphatic rings. The summed E-state index contributed by atoms with van der Waals surface area (Å²) >= 11 is 3.14. The van der Waals surface area contributed by atoms with Gasteiger partial charge in [0.05, 0.1) is 11.8 Å². The van der Waals surface area contributed by atoms with E-state index >= 15 is 0 Å². The van der Waals surface area contributed by atoms with Crippen molar-refractivity contribution in [3.63, 3.8) is 0 Å². The fourth-order valence-corrected chi connectivity index (χ4v) is 2.13. The molecule has 110 valence electrons. The van der Waals surface area contributed by atoms with Gasteiger partial charge >= 0.3 is 0 Å². The third-order valence-electron chi connectivity index (χ3n) is 2.87. The predicted molar refractivity (Wildman–Crippen MR) is 82.3 cm³/mol. The van der Waals surface area contributed by atoms with Crippen molar-refractivity contribution >= 4 is 27.7 Å². The summed E-state index contributed by atoms with van der Waals surface area (Å²) in [6.45, 7) is 2.66. The highest BCUT2D eigenvalue weighted by atomic mass is 79.9. The van der Waals surface area contributed by atoms with E-state index in [2.05, 4.69) is 26.6 Å². The molecule has 1 heterocycles. The van der Waals surface area contributed by atoms with Crippen LogP contribution >= 0.6 is 15.9 Å². The second-order valence-corrected chi connectivity index (χ2v) is 5.21. The van der Waals surface area contributed by atoms with E-state index in [0.717, 1.165) is 5.56 Å². The Labute approximate surface area is 130 Å². The molecule has 0 saturated carbocycles. The van der Waals surface area contributed by atoms with E-state index in [1.165, 1.54) is 6.26 Å². The zero-order valence-electron chi connectivity index (χ0n) is 11.5. The summed E-state index contributed by atoms with van der Waals surface area (Å²) in [4.78, 5) is 23.6. The second-order valence-electron chi connectivity index (χ2n) is 4.49. The molecule has 2 N–H and O–H groups in total. The summed E-state index contributed by atoms with van der Waals surface area (Å²) in [6.07, 6.45) is 1.43. The molecule has 2 amide bonds. The molecule has 0 unspecified atom stereocenters. The first kappa shape index (κ1) is 15.3. The molecule has 0 spiro atoms. The molecule has 5 nitrogen and oxygen atoms in total. The van der Waals surface area contributed by atoms with Crippen LogP contribution in [0.3, 0.4) is 0 Å². The van der Waals surface area contributed by atoms with Crippen molar-refractivity contribution in [1.29, 1.82) is 0 Å². The average molecular weight is 351 g/mol. The van der Waals surface area contributed by atoms with Crippen LogP contribution in [0, 0.1) is 6.92 Å². The van der Waals surface area contributed by atoms with Crippen LogP contribution < -0.4 is 10.6 Å². The van der Waals surface area contributed by atoms with Crippen molar-refractivity contribution in [2.45, 2.75) is 6.92 Å². The fraction of sp³-hybridized carbons (Fsp3) is 0.200. The van der Waals surface area contributed by atoms with E-state index in [1.807, 2.05) is 19.1 Å². The van der Waals surface area contributed by atoms with Gasteiger partial charge in [-0.15, -0.1) is 0 Å². The third kappa shape index (κ3) is 4.19. The van der Waals surface area contributed by atoms with Gasteiger partial charge in [0, 0.05) is 18.7 Å². The second kappa shape index (κ2) is 7.08. The van der Waals surface area contributed by atoms with E-state index in [4.69, 9.17) is 4.42 Å². The monoisotopic (exact) mass is 350 g/mol. The van der Waals surface area contributed by atoms with E-state index in [1.54, 1.807) is 18.2 Å². The Hall–Kier alpha value is -2.08. The van der Waals surface area contributed by atoms with Crippen LogP contribution in [0.25, 0.3) is 0 Å². The van der Waals surface area contributed by atoms with Crippen molar-refractivity contribution in [2.75, 3.05) is 13.1 Å². The number of aryl methyl sites for hydroxylation is 1. The lowest BCUT2D eigenvalue weighted by atomic mass is 10.1. The number of carbonyl (C=O) groups excluding carboxylic acids is 2. The first-order valence-corrected chi connectivity index (χ1v) is 7.23. The number of rotatable bonds is 5. The van der Waals surface area contributed by atoms with Gasteiger partial charge in [0.1, 0.15) is 0 Å². The number of carbonyl (C=O) groups is 2. The Morgan fingerprint density at radius 1 is 1.05 bits per heavy atom. The quantitative estimate of drug-likeness (QED) is 0.814. The number of halogens is 1. The predicted octanol–water partition coefficient (Wildman–Crippen LogP) is 2.51. The molecule has 2 rings (SSSR count). The number of nitrogens with one attached hydrogen (secondary N) is 2. The minimum absolute atomic E-state index is 0.159. The van der Waals surface area contributed by atoms with Gasteiger partial charge in [-0.25, -0.2) is 0 Å². The summed E-state index contributed by atoms with van der Waals surface area (Å²) in [5.41, 5.74) is 2.13. The van der Waals surface area contributed by atoms with Gasteiger partial charge in [0.15, 0.2) is 4.67 Å². The lowest BCUT2D eigenvalue weighted by molar-refractivity contribution is 0.0926. The molecular formula is C15H15BrN2O3. The van der Waals surface area contributed by atoms with Gasteiger partial charge in [-0.3, -0.25) is 9.59 Å².